The molecule has 2 rings (SSSR count). The Morgan fingerprint density at radius 3 is 3.00 bits per heavy atom. The van der Waals surface area contributed by atoms with Gasteiger partial charge in [0, 0.05) is 20.8 Å². The molecule has 0 radical (unpaired) electrons. The number of halogens is 1. The molecule has 0 atom stereocenters. The van der Waals surface area contributed by atoms with Gasteiger partial charge in [-0.1, -0.05) is 18.5 Å². The van der Waals surface area contributed by atoms with Crippen LogP contribution in [0.2, 0.25) is 5.02 Å². The van der Waals surface area contributed by atoms with Crippen molar-refractivity contribution in [3.63, 3.8) is 0 Å². The number of hydrogen-bond acceptors (Lipinski definition) is 2. The second-order valence-corrected chi connectivity index (χ2v) is 4.29. The summed E-state index contributed by atoms with van der Waals surface area (Å²) in [5, 5.41) is 3.96. The van der Waals surface area contributed by atoms with Crippen molar-refractivity contribution in [2.24, 2.45) is 0 Å². The number of nitrogens with two attached hydrogens (primary N) is 1. The second-order valence-electron chi connectivity index (χ2n) is 2.94. The molecule has 3 heteroatoms. The van der Waals surface area contributed by atoms with Gasteiger partial charge in [0.2, 0.25) is 0 Å². The van der Waals surface area contributed by atoms with Crippen LogP contribution < -0.4 is 5.73 Å². The summed E-state index contributed by atoms with van der Waals surface area (Å²) in [6, 6.07) is 4.04. The van der Waals surface area contributed by atoms with Gasteiger partial charge in [-0.2, -0.15) is 0 Å². The Balaban J connectivity index is 2.85. The average Bonchev–Trinajstić information content (AvgIpc) is 2.53. The van der Waals surface area contributed by atoms with Crippen molar-refractivity contribution < 1.29 is 0 Å². The third-order valence-corrected chi connectivity index (χ3v) is 3.41. The highest BCUT2D eigenvalue weighted by atomic mass is 35.5. The SMILES string of the molecule is CCc1c(Cl)cc2sccc2c1N. The monoisotopic (exact) mass is 211 g/mol. The zero-order chi connectivity index (χ0) is 9.42. The molecule has 0 bridgehead atoms. The molecule has 1 heterocycles. The summed E-state index contributed by atoms with van der Waals surface area (Å²) in [7, 11) is 0. The van der Waals surface area contributed by atoms with Crippen LogP contribution in [-0.2, 0) is 6.42 Å². The van der Waals surface area contributed by atoms with E-state index in [1.54, 1.807) is 11.3 Å². The van der Waals surface area contributed by atoms with Gasteiger partial charge in [-0.25, -0.2) is 0 Å². The van der Waals surface area contributed by atoms with Crippen LogP contribution in [0.5, 0.6) is 0 Å². The summed E-state index contributed by atoms with van der Waals surface area (Å²) in [5.74, 6) is 0. The molecule has 0 spiro atoms. The van der Waals surface area contributed by atoms with E-state index in [2.05, 4.69) is 6.92 Å². The van der Waals surface area contributed by atoms with Crippen molar-refractivity contribution in [3.8, 4) is 0 Å². The minimum absolute atomic E-state index is 0.787. The van der Waals surface area contributed by atoms with Gasteiger partial charge < -0.3 is 5.73 Å². The smallest absolute Gasteiger partial charge is 0.0472 e. The van der Waals surface area contributed by atoms with Crippen LogP contribution in [-0.4, -0.2) is 0 Å². The highest BCUT2D eigenvalue weighted by Gasteiger charge is 2.08. The first kappa shape index (κ1) is 8.85. The predicted molar refractivity (Wildman–Crippen MR) is 60.6 cm³/mol. The van der Waals surface area contributed by atoms with Crippen molar-refractivity contribution in [3.05, 3.63) is 28.1 Å². The van der Waals surface area contributed by atoms with E-state index >= 15 is 0 Å². The lowest BCUT2D eigenvalue weighted by Crippen LogP contribution is -1.94. The Labute approximate surface area is 86.1 Å². The van der Waals surface area contributed by atoms with Gasteiger partial charge in [-0.05, 0) is 29.5 Å². The van der Waals surface area contributed by atoms with Crippen molar-refractivity contribution in [2.45, 2.75) is 13.3 Å². The van der Waals surface area contributed by atoms with E-state index in [0.717, 1.165) is 28.1 Å². The van der Waals surface area contributed by atoms with E-state index in [0.29, 0.717) is 0 Å². The van der Waals surface area contributed by atoms with E-state index in [-0.39, 0.29) is 0 Å². The molecule has 1 aromatic heterocycles. The topological polar surface area (TPSA) is 26.0 Å². The molecule has 1 nitrogen and oxygen atoms in total. The average molecular weight is 212 g/mol. The third kappa shape index (κ3) is 1.30. The minimum atomic E-state index is 0.787. The standard InChI is InChI=1S/C10H10ClNS/c1-2-6-8(11)5-9-7(10(6)12)3-4-13-9/h3-5H,2,12H2,1H3. The summed E-state index contributed by atoms with van der Waals surface area (Å²) in [6.07, 6.45) is 0.885. The van der Waals surface area contributed by atoms with Crippen LogP contribution in [0.3, 0.4) is 0 Å². The molecule has 1 aromatic carbocycles. The Bertz CT molecular complexity index is 447. The Morgan fingerprint density at radius 1 is 1.54 bits per heavy atom. The highest BCUT2D eigenvalue weighted by Crippen LogP contribution is 2.34. The van der Waals surface area contributed by atoms with E-state index in [1.165, 1.54) is 4.70 Å². The first-order chi connectivity index (χ1) is 6.24. The normalized spacial score (nSPS) is 10.9. The van der Waals surface area contributed by atoms with Gasteiger partial charge in [-0.15, -0.1) is 11.3 Å². The maximum absolute atomic E-state index is 6.09. The summed E-state index contributed by atoms with van der Waals surface area (Å²) in [4.78, 5) is 0. The van der Waals surface area contributed by atoms with E-state index < -0.39 is 0 Å². The van der Waals surface area contributed by atoms with Crippen molar-refractivity contribution in [1.82, 2.24) is 0 Å². The fraction of sp³-hybridized carbons (Fsp3) is 0.200. The van der Waals surface area contributed by atoms with E-state index in [4.69, 9.17) is 17.3 Å². The van der Waals surface area contributed by atoms with Crippen LogP contribution in [0.15, 0.2) is 17.5 Å². The molecule has 68 valence electrons. The van der Waals surface area contributed by atoms with Crippen LogP contribution in [0, 0.1) is 0 Å². The molecular formula is C10H10ClNS. The van der Waals surface area contributed by atoms with Gasteiger partial charge in [-0.3, -0.25) is 0 Å². The molecule has 2 N–H and O–H groups in total. The molecule has 0 saturated carbocycles. The number of fused-ring (bicyclic) bond motifs is 1. The number of hydrogen-bond donors (Lipinski definition) is 1. The van der Waals surface area contributed by atoms with Crippen LogP contribution in [0.25, 0.3) is 10.1 Å². The second kappa shape index (κ2) is 3.20. The largest absolute Gasteiger partial charge is 0.398 e. The van der Waals surface area contributed by atoms with Crippen molar-refractivity contribution in [2.75, 3.05) is 5.73 Å². The number of thiophene rings is 1. The highest BCUT2D eigenvalue weighted by molar-refractivity contribution is 7.17. The molecule has 0 saturated heterocycles. The van der Waals surface area contributed by atoms with Crippen molar-refractivity contribution >= 4 is 38.7 Å². The van der Waals surface area contributed by atoms with Crippen molar-refractivity contribution in [1.29, 1.82) is 0 Å². The van der Waals surface area contributed by atoms with Crippen LogP contribution in [0.1, 0.15) is 12.5 Å². The third-order valence-electron chi connectivity index (χ3n) is 2.21. The molecular weight excluding hydrogens is 202 g/mol. The summed E-state index contributed by atoms with van der Waals surface area (Å²) < 4.78 is 1.17. The number of nitrogen functional groups attached to an aromatic ring is 1. The first-order valence-electron chi connectivity index (χ1n) is 4.18. The Kier molecular flexibility index (Phi) is 2.18. The lowest BCUT2D eigenvalue weighted by molar-refractivity contribution is 1.15. The molecule has 0 fully saturated rings. The Hall–Kier alpha value is -0.730. The molecule has 13 heavy (non-hydrogen) atoms. The quantitative estimate of drug-likeness (QED) is 0.716. The molecule has 2 aromatic rings. The molecule has 0 amide bonds. The zero-order valence-electron chi connectivity index (χ0n) is 7.30. The van der Waals surface area contributed by atoms with Gasteiger partial charge in [0.25, 0.3) is 0 Å². The lowest BCUT2D eigenvalue weighted by atomic mass is 10.1. The Morgan fingerprint density at radius 2 is 2.31 bits per heavy atom. The minimum Gasteiger partial charge on any atom is -0.398 e. The maximum Gasteiger partial charge on any atom is 0.0472 e. The van der Waals surface area contributed by atoms with E-state index in [9.17, 15) is 0 Å². The lowest BCUT2D eigenvalue weighted by Gasteiger charge is -2.06. The van der Waals surface area contributed by atoms with Gasteiger partial charge in [0.1, 0.15) is 0 Å². The molecule has 0 unspecified atom stereocenters. The van der Waals surface area contributed by atoms with Gasteiger partial charge in [0.05, 0.1) is 0 Å². The number of rotatable bonds is 1. The molecule has 0 aliphatic rings. The summed E-state index contributed by atoms with van der Waals surface area (Å²) >= 11 is 7.76. The zero-order valence-corrected chi connectivity index (χ0v) is 8.88. The molecule has 0 aliphatic carbocycles. The van der Waals surface area contributed by atoms with Crippen LogP contribution in [0.4, 0.5) is 5.69 Å². The summed E-state index contributed by atoms with van der Waals surface area (Å²) in [6.45, 7) is 2.07. The number of anilines is 1. The maximum atomic E-state index is 6.09. The first-order valence-corrected chi connectivity index (χ1v) is 5.44. The van der Waals surface area contributed by atoms with E-state index in [1.807, 2.05) is 17.5 Å². The number of benzene rings is 1. The van der Waals surface area contributed by atoms with Gasteiger partial charge in [0.15, 0.2) is 0 Å². The molecule has 0 aliphatic heterocycles. The fourth-order valence-electron chi connectivity index (χ4n) is 1.51. The van der Waals surface area contributed by atoms with Crippen LogP contribution >= 0.6 is 22.9 Å². The van der Waals surface area contributed by atoms with Gasteiger partial charge >= 0.3 is 0 Å². The predicted octanol–water partition coefficient (Wildman–Crippen LogP) is 3.70. The summed E-state index contributed by atoms with van der Waals surface area (Å²) in [5.41, 5.74) is 7.90. The fourth-order valence-corrected chi connectivity index (χ4v) is 2.76.